The predicted octanol–water partition coefficient (Wildman–Crippen LogP) is 1.00. The molecule has 0 spiro atoms. The highest BCUT2D eigenvalue weighted by atomic mass is 15.0. The Morgan fingerprint density at radius 1 is 1.11 bits per heavy atom. The molecule has 0 aromatic carbocycles. The molecule has 1 heteroatoms. The fourth-order valence-electron chi connectivity index (χ4n) is 3.27. The molecule has 3 rings (SSSR count). The minimum Gasteiger partial charge on any atom is -0.313 e. The standard InChI is InChI=1S/C8H13N/c1-5-2-7-6(1)4-9-8(7)3-5/h5-9H,1-4H2/t5-,6-,7+,8-/m0/s1. The average Bonchev–Trinajstić information content (AvgIpc) is 2.35. The van der Waals surface area contributed by atoms with Gasteiger partial charge >= 0.3 is 0 Å². The van der Waals surface area contributed by atoms with Gasteiger partial charge in [0.05, 0.1) is 0 Å². The highest BCUT2D eigenvalue weighted by Crippen LogP contribution is 2.51. The molecule has 9 heavy (non-hydrogen) atoms. The Hall–Kier alpha value is -0.0400. The summed E-state index contributed by atoms with van der Waals surface area (Å²) in [7, 11) is 0. The molecule has 50 valence electrons. The summed E-state index contributed by atoms with van der Waals surface area (Å²) >= 11 is 0. The Bertz CT molecular complexity index is 127. The number of rotatable bonds is 0. The molecule has 0 aromatic rings. The van der Waals surface area contributed by atoms with Crippen molar-refractivity contribution in [3.63, 3.8) is 0 Å². The van der Waals surface area contributed by atoms with E-state index < -0.39 is 0 Å². The maximum absolute atomic E-state index is 3.61. The van der Waals surface area contributed by atoms with E-state index in [9.17, 15) is 0 Å². The van der Waals surface area contributed by atoms with Crippen molar-refractivity contribution < 1.29 is 0 Å². The Labute approximate surface area is 55.8 Å². The van der Waals surface area contributed by atoms with Crippen molar-refractivity contribution in [2.24, 2.45) is 17.8 Å². The first-order valence-electron chi connectivity index (χ1n) is 4.17. The van der Waals surface area contributed by atoms with Crippen LogP contribution in [-0.4, -0.2) is 12.6 Å². The maximum Gasteiger partial charge on any atom is 0.0101 e. The minimum absolute atomic E-state index is 0.953. The molecule has 0 amide bonds. The lowest BCUT2D eigenvalue weighted by Gasteiger charge is -2.15. The molecule has 0 radical (unpaired) electrons. The second-order valence-corrected chi connectivity index (χ2v) is 4.01. The normalized spacial score (nSPS) is 61.3. The second kappa shape index (κ2) is 1.34. The van der Waals surface area contributed by atoms with E-state index in [1.54, 1.807) is 12.8 Å². The van der Waals surface area contributed by atoms with Crippen molar-refractivity contribution in [2.45, 2.75) is 25.3 Å². The van der Waals surface area contributed by atoms with Gasteiger partial charge in [-0.05, 0) is 43.6 Å². The van der Waals surface area contributed by atoms with E-state index in [0.717, 1.165) is 23.8 Å². The lowest BCUT2D eigenvalue weighted by Crippen LogP contribution is -2.23. The second-order valence-electron chi connectivity index (χ2n) is 4.01. The SMILES string of the molecule is C1N[C@H]2C[C@H]3C[C@@H]1[C@H]2C3. The number of hydrogen-bond acceptors (Lipinski definition) is 1. The summed E-state index contributed by atoms with van der Waals surface area (Å²) in [4.78, 5) is 0. The lowest BCUT2D eigenvalue weighted by atomic mass is 9.90. The first-order valence-corrected chi connectivity index (χ1v) is 4.17. The van der Waals surface area contributed by atoms with Crippen molar-refractivity contribution in [1.82, 2.24) is 5.32 Å². The predicted molar refractivity (Wildman–Crippen MR) is 36.1 cm³/mol. The van der Waals surface area contributed by atoms with Crippen molar-refractivity contribution >= 4 is 0 Å². The quantitative estimate of drug-likeness (QED) is 0.507. The van der Waals surface area contributed by atoms with Crippen LogP contribution in [0.4, 0.5) is 0 Å². The molecule has 0 aromatic heterocycles. The molecule has 1 aliphatic heterocycles. The van der Waals surface area contributed by atoms with Gasteiger partial charge in [-0.2, -0.15) is 0 Å². The molecule has 1 nitrogen and oxygen atoms in total. The molecule has 3 aliphatic rings. The summed E-state index contributed by atoms with van der Waals surface area (Å²) in [5, 5.41) is 3.61. The molecular formula is C8H13N. The van der Waals surface area contributed by atoms with Crippen LogP contribution >= 0.6 is 0 Å². The number of hydrogen-bond donors (Lipinski definition) is 1. The molecule has 0 unspecified atom stereocenters. The summed E-state index contributed by atoms with van der Waals surface area (Å²) in [5.74, 6) is 3.32. The van der Waals surface area contributed by atoms with Gasteiger partial charge in [0.1, 0.15) is 0 Å². The monoisotopic (exact) mass is 123 g/mol. The van der Waals surface area contributed by atoms with Gasteiger partial charge in [0.15, 0.2) is 0 Å². The third kappa shape index (κ3) is 0.454. The van der Waals surface area contributed by atoms with Gasteiger partial charge in [-0.3, -0.25) is 0 Å². The zero-order valence-corrected chi connectivity index (χ0v) is 5.64. The van der Waals surface area contributed by atoms with Gasteiger partial charge in [-0.25, -0.2) is 0 Å². The Morgan fingerprint density at radius 2 is 2.11 bits per heavy atom. The van der Waals surface area contributed by atoms with Gasteiger partial charge in [-0.1, -0.05) is 0 Å². The van der Waals surface area contributed by atoms with E-state index in [1.807, 2.05) is 0 Å². The lowest BCUT2D eigenvalue weighted by molar-refractivity contribution is 0.385. The maximum atomic E-state index is 3.61. The van der Waals surface area contributed by atoms with Crippen LogP contribution in [0.1, 0.15) is 19.3 Å². The van der Waals surface area contributed by atoms with Crippen molar-refractivity contribution in [1.29, 1.82) is 0 Å². The molecule has 3 fully saturated rings. The van der Waals surface area contributed by atoms with Crippen LogP contribution in [0.5, 0.6) is 0 Å². The molecule has 1 saturated heterocycles. The van der Waals surface area contributed by atoms with Crippen molar-refractivity contribution in [2.75, 3.05) is 6.54 Å². The number of nitrogens with one attached hydrogen (secondary N) is 1. The third-order valence-corrected chi connectivity index (χ3v) is 3.59. The van der Waals surface area contributed by atoms with E-state index in [-0.39, 0.29) is 0 Å². The Kier molecular flexibility index (Phi) is 0.704. The smallest absolute Gasteiger partial charge is 0.0101 e. The topological polar surface area (TPSA) is 12.0 Å². The molecule has 2 bridgehead atoms. The van der Waals surface area contributed by atoms with E-state index in [1.165, 1.54) is 13.0 Å². The summed E-state index contributed by atoms with van der Waals surface area (Å²) in [6.07, 6.45) is 4.61. The highest BCUT2D eigenvalue weighted by molar-refractivity contribution is 5.04. The zero-order chi connectivity index (χ0) is 5.84. The minimum atomic E-state index is 0.953. The Balaban J connectivity index is 2.02. The van der Waals surface area contributed by atoms with Gasteiger partial charge < -0.3 is 5.32 Å². The zero-order valence-electron chi connectivity index (χ0n) is 5.64. The van der Waals surface area contributed by atoms with Gasteiger partial charge in [0, 0.05) is 6.04 Å². The van der Waals surface area contributed by atoms with E-state index in [4.69, 9.17) is 0 Å². The van der Waals surface area contributed by atoms with Crippen LogP contribution in [0.2, 0.25) is 0 Å². The Morgan fingerprint density at radius 3 is 2.78 bits per heavy atom. The van der Waals surface area contributed by atoms with Crippen LogP contribution in [0.25, 0.3) is 0 Å². The summed E-state index contributed by atoms with van der Waals surface area (Å²) < 4.78 is 0. The first kappa shape index (κ1) is 4.73. The van der Waals surface area contributed by atoms with E-state index in [0.29, 0.717) is 0 Å². The van der Waals surface area contributed by atoms with Crippen LogP contribution in [0, 0.1) is 17.8 Å². The highest BCUT2D eigenvalue weighted by Gasteiger charge is 2.49. The number of fused-ring (bicyclic) bond motifs is 1. The molecule has 2 saturated carbocycles. The van der Waals surface area contributed by atoms with E-state index in [2.05, 4.69) is 5.32 Å². The van der Waals surface area contributed by atoms with Crippen molar-refractivity contribution in [3.05, 3.63) is 0 Å². The summed E-state index contributed by atoms with van der Waals surface area (Å²) in [5.41, 5.74) is 0. The molecule has 1 N–H and O–H groups in total. The van der Waals surface area contributed by atoms with E-state index >= 15 is 0 Å². The van der Waals surface area contributed by atoms with Crippen molar-refractivity contribution in [3.8, 4) is 0 Å². The van der Waals surface area contributed by atoms with Crippen LogP contribution in [0.15, 0.2) is 0 Å². The van der Waals surface area contributed by atoms with Gasteiger partial charge in [0.25, 0.3) is 0 Å². The fraction of sp³-hybridized carbons (Fsp3) is 1.00. The summed E-state index contributed by atoms with van der Waals surface area (Å²) in [6, 6.07) is 0.953. The average molecular weight is 123 g/mol. The van der Waals surface area contributed by atoms with Gasteiger partial charge in [0.2, 0.25) is 0 Å². The summed E-state index contributed by atoms with van der Waals surface area (Å²) in [6.45, 7) is 1.34. The molecule has 4 atom stereocenters. The first-order chi connectivity index (χ1) is 4.43. The van der Waals surface area contributed by atoms with Crippen LogP contribution in [0.3, 0.4) is 0 Å². The molecule has 1 heterocycles. The van der Waals surface area contributed by atoms with Crippen LogP contribution < -0.4 is 5.32 Å². The largest absolute Gasteiger partial charge is 0.313 e. The molecule has 2 aliphatic carbocycles. The third-order valence-electron chi connectivity index (χ3n) is 3.59. The molecular weight excluding hydrogens is 110 g/mol. The fourth-order valence-corrected chi connectivity index (χ4v) is 3.27. The van der Waals surface area contributed by atoms with Gasteiger partial charge in [-0.15, -0.1) is 0 Å². The van der Waals surface area contributed by atoms with Crippen LogP contribution in [-0.2, 0) is 0 Å².